The van der Waals surface area contributed by atoms with Crippen molar-refractivity contribution in [2.75, 3.05) is 32.8 Å². The molecule has 2 aromatic rings. The molecule has 0 unspecified atom stereocenters. The molecule has 1 aromatic heterocycles. The summed E-state index contributed by atoms with van der Waals surface area (Å²) in [6.07, 6.45) is 0.237. The number of fused-ring (bicyclic) bond motifs is 1. The lowest BCUT2D eigenvalue weighted by Gasteiger charge is -2.22. The minimum atomic E-state index is -0.412. The molecule has 1 saturated heterocycles. The molecule has 2 aliphatic rings. The van der Waals surface area contributed by atoms with Gasteiger partial charge >= 0.3 is 6.09 Å². The van der Waals surface area contributed by atoms with Crippen molar-refractivity contribution in [3.63, 3.8) is 0 Å². The quantitative estimate of drug-likeness (QED) is 0.824. The Morgan fingerprint density at radius 2 is 1.96 bits per heavy atom. The van der Waals surface area contributed by atoms with Gasteiger partial charge in [-0.3, -0.25) is 9.69 Å². The smallest absolute Gasteiger partial charge is 0.410 e. The molecule has 1 fully saturated rings. The fraction of sp³-hybridized carbons (Fsp3) is 0.412. The molecule has 25 heavy (non-hydrogen) atoms. The van der Waals surface area contributed by atoms with Crippen LogP contribution in [0.2, 0.25) is 0 Å². The van der Waals surface area contributed by atoms with Gasteiger partial charge in [0.05, 0.1) is 13.1 Å². The van der Waals surface area contributed by atoms with Crippen molar-refractivity contribution in [3.05, 3.63) is 36.2 Å². The zero-order valence-corrected chi connectivity index (χ0v) is 13.8. The lowest BCUT2D eigenvalue weighted by Crippen LogP contribution is -2.42. The predicted molar refractivity (Wildman–Crippen MR) is 88.7 cm³/mol. The van der Waals surface area contributed by atoms with E-state index in [9.17, 15) is 9.59 Å². The Balaban J connectivity index is 1.41. The molecule has 130 valence electrons. The van der Waals surface area contributed by atoms with Gasteiger partial charge in [0.15, 0.2) is 5.82 Å². The summed E-state index contributed by atoms with van der Waals surface area (Å²) in [7, 11) is 0. The highest BCUT2D eigenvalue weighted by Gasteiger charge is 2.27. The Morgan fingerprint density at radius 3 is 2.72 bits per heavy atom. The number of nitrogens with zero attached hydrogens (tertiary/aromatic N) is 5. The molecule has 2 aliphatic heterocycles. The van der Waals surface area contributed by atoms with Crippen molar-refractivity contribution in [1.82, 2.24) is 24.6 Å². The summed E-state index contributed by atoms with van der Waals surface area (Å²) in [5.41, 5.74) is 0.989. The number of amides is 2. The highest BCUT2D eigenvalue weighted by Crippen LogP contribution is 2.17. The summed E-state index contributed by atoms with van der Waals surface area (Å²) in [6.45, 7) is 2.64. The van der Waals surface area contributed by atoms with E-state index in [0.29, 0.717) is 39.2 Å². The molecular weight excluding hydrogens is 322 g/mol. The van der Waals surface area contributed by atoms with Gasteiger partial charge in [-0.15, -0.1) is 0 Å². The van der Waals surface area contributed by atoms with Gasteiger partial charge in [-0.25, -0.2) is 14.5 Å². The third-order valence-electron chi connectivity index (χ3n) is 4.49. The zero-order valence-electron chi connectivity index (χ0n) is 13.8. The van der Waals surface area contributed by atoms with Crippen molar-refractivity contribution < 1.29 is 14.3 Å². The van der Waals surface area contributed by atoms with Gasteiger partial charge in [-0.2, -0.15) is 5.10 Å². The van der Waals surface area contributed by atoms with Crippen LogP contribution < -0.4 is 0 Å². The number of carbonyl (C=O) groups is 2. The lowest BCUT2D eigenvalue weighted by atomic mass is 10.2. The normalized spacial score (nSPS) is 17.2. The Morgan fingerprint density at radius 1 is 1.12 bits per heavy atom. The van der Waals surface area contributed by atoms with E-state index in [1.807, 2.05) is 35.0 Å². The van der Waals surface area contributed by atoms with Crippen molar-refractivity contribution in [1.29, 1.82) is 0 Å². The molecule has 8 heteroatoms. The fourth-order valence-electron chi connectivity index (χ4n) is 3.09. The van der Waals surface area contributed by atoms with Crippen molar-refractivity contribution >= 4 is 12.0 Å². The van der Waals surface area contributed by atoms with Crippen LogP contribution in [0.25, 0.3) is 11.4 Å². The van der Waals surface area contributed by atoms with Crippen LogP contribution in [-0.4, -0.2) is 69.4 Å². The number of benzene rings is 1. The van der Waals surface area contributed by atoms with E-state index in [1.54, 1.807) is 4.90 Å². The summed E-state index contributed by atoms with van der Waals surface area (Å²) in [5.74, 6) is 1.54. The molecule has 0 atom stereocenters. The second kappa shape index (κ2) is 6.54. The van der Waals surface area contributed by atoms with Crippen LogP contribution in [0.3, 0.4) is 0 Å². The van der Waals surface area contributed by atoms with E-state index in [0.717, 1.165) is 17.2 Å². The summed E-state index contributed by atoms with van der Waals surface area (Å²) in [6, 6.07) is 9.86. The fourth-order valence-corrected chi connectivity index (χ4v) is 3.09. The van der Waals surface area contributed by atoms with Gasteiger partial charge in [-0.1, -0.05) is 30.3 Å². The van der Waals surface area contributed by atoms with Crippen LogP contribution in [-0.2, 0) is 22.5 Å². The summed E-state index contributed by atoms with van der Waals surface area (Å²) in [4.78, 5) is 31.7. The van der Waals surface area contributed by atoms with E-state index < -0.39 is 6.09 Å². The van der Waals surface area contributed by atoms with E-state index in [1.165, 1.54) is 4.90 Å². The van der Waals surface area contributed by atoms with Crippen LogP contribution >= 0.6 is 0 Å². The first-order valence-corrected chi connectivity index (χ1v) is 8.39. The van der Waals surface area contributed by atoms with Crippen LogP contribution in [0.15, 0.2) is 30.3 Å². The number of ether oxygens (including phenoxy) is 1. The SMILES string of the molecule is O=C(CN1CCOC1=O)N1CCc2nc(-c3ccccc3)nn2CC1. The standard InChI is InChI=1S/C17H19N5O3/c23-15(12-21-10-11-25-17(21)24)20-7-6-14-18-16(19-22(14)9-8-20)13-4-2-1-3-5-13/h1-5H,6-12H2. The highest BCUT2D eigenvalue weighted by atomic mass is 16.6. The van der Waals surface area contributed by atoms with Crippen LogP contribution in [0.4, 0.5) is 4.79 Å². The van der Waals surface area contributed by atoms with Crippen LogP contribution in [0.5, 0.6) is 0 Å². The van der Waals surface area contributed by atoms with Crippen molar-refractivity contribution in [2.45, 2.75) is 13.0 Å². The molecule has 2 amide bonds. The maximum absolute atomic E-state index is 12.4. The summed E-state index contributed by atoms with van der Waals surface area (Å²) < 4.78 is 6.74. The molecule has 0 bridgehead atoms. The van der Waals surface area contributed by atoms with E-state index >= 15 is 0 Å². The lowest BCUT2D eigenvalue weighted by molar-refractivity contribution is -0.131. The maximum atomic E-state index is 12.4. The molecule has 0 N–H and O–H groups in total. The second-order valence-electron chi connectivity index (χ2n) is 6.11. The van der Waals surface area contributed by atoms with Gasteiger partial charge in [0.25, 0.3) is 0 Å². The number of aromatic nitrogens is 3. The molecule has 3 heterocycles. The minimum absolute atomic E-state index is 0.0621. The molecule has 4 rings (SSSR count). The largest absolute Gasteiger partial charge is 0.448 e. The third kappa shape index (κ3) is 3.19. The van der Waals surface area contributed by atoms with E-state index in [4.69, 9.17) is 4.74 Å². The first-order valence-electron chi connectivity index (χ1n) is 8.39. The number of hydrogen-bond acceptors (Lipinski definition) is 5. The average Bonchev–Trinajstić information content (AvgIpc) is 3.17. The van der Waals surface area contributed by atoms with Crippen molar-refractivity contribution in [3.8, 4) is 11.4 Å². The summed E-state index contributed by atoms with van der Waals surface area (Å²) >= 11 is 0. The van der Waals surface area contributed by atoms with Crippen LogP contribution in [0.1, 0.15) is 5.82 Å². The minimum Gasteiger partial charge on any atom is -0.448 e. The Bertz CT molecular complexity index is 763. The highest BCUT2D eigenvalue weighted by molar-refractivity contribution is 5.82. The molecule has 0 aliphatic carbocycles. The maximum Gasteiger partial charge on any atom is 0.410 e. The number of rotatable bonds is 3. The predicted octanol–water partition coefficient (Wildman–Crippen LogP) is 0.782. The van der Waals surface area contributed by atoms with Gasteiger partial charge in [-0.05, 0) is 0 Å². The molecular formula is C17H19N5O3. The number of carbonyl (C=O) groups excluding carboxylic acids is 2. The number of hydrogen-bond donors (Lipinski definition) is 0. The van der Waals surface area contributed by atoms with E-state index in [2.05, 4.69) is 10.1 Å². The first-order chi connectivity index (χ1) is 12.2. The first kappa shape index (κ1) is 15.6. The second-order valence-corrected chi connectivity index (χ2v) is 6.11. The molecule has 8 nitrogen and oxygen atoms in total. The molecule has 0 saturated carbocycles. The third-order valence-corrected chi connectivity index (χ3v) is 4.49. The Labute approximate surface area is 145 Å². The molecule has 0 spiro atoms. The monoisotopic (exact) mass is 341 g/mol. The van der Waals surface area contributed by atoms with Gasteiger partial charge in [0, 0.05) is 25.1 Å². The molecule has 1 aromatic carbocycles. The zero-order chi connectivity index (χ0) is 17.2. The topological polar surface area (TPSA) is 80.6 Å². The van der Waals surface area contributed by atoms with Gasteiger partial charge in [0.1, 0.15) is 19.0 Å². The van der Waals surface area contributed by atoms with Gasteiger partial charge < -0.3 is 9.64 Å². The Kier molecular flexibility index (Phi) is 4.09. The number of cyclic esters (lactones) is 1. The average molecular weight is 341 g/mol. The summed E-state index contributed by atoms with van der Waals surface area (Å²) in [5, 5.41) is 4.57. The van der Waals surface area contributed by atoms with Crippen molar-refractivity contribution in [2.24, 2.45) is 0 Å². The Hall–Kier alpha value is -2.90. The van der Waals surface area contributed by atoms with Gasteiger partial charge in [0.2, 0.25) is 5.91 Å². The van der Waals surface area contributed by atoms with E-state index in [-0.39, 0.29) is 12.5 Å². The molecule has 0 radical (unpaired) electrons. The van der Waals surface area contributed by atoms with Crippen LogP contribution in [0, 0.1) is 0 Å².